The highest BCUT2D eigenvalue weighted by molar-refractivity contribution is 5.88. The summed E-state index contributed by atoms with van der Waals surface area (Å²) in [7, 11) is 3.06. The van der Waals surface area contributed by atoms with E-state index in [0.717, 1.165) is 5.56 Å². The van der Waals surface area contributed by atoms with Crippen LogP contribution in [-0.4, -0.2) is 47.1 Å². The summed E-state index contributed by atoms with van der Waals surface area (Å²) in [5.74, 6) is 1.03. The van der Waals surface area contributed by atoms with Crippen LogP contribution in [0.5, 0.6) is 11.5 Å². The van der Waals surface area contributed by atoms with Crippen molar-refractivity contribution in [3.05, 3.63) is 34.3 Å². The Morgan fingerprint density at radius 3 is 2.47 bits per heavy atom. The number of halogens is 2. The number of benzene rings is 1. The van der Waals surface area contributed by atoms with Crippen molar-refractivity contribution in [2.75, 3.05) is 33.0 Å². The van der Waals surface area contributed by atoms with Gasteiger partial charge in [-0.25, -0.2) is 23.4 Å². The Kier molecular flexibility index (Phi) is 5.56. The monoisotopic (exact) mass is 443 g/mol. The number of nitrogens with one attached hydrogen (secondary N) is 1. The summed E-state index contributed by atoms with van der Waals surface area (Å²) < 4.78 is 40.3. The van der Waals surface area contributed by atoms with Gasteiger partial charge in [0.25, 0.3) is 6.43 Å². The Bertz CT molecular complexity index is 1230. The smallest absolute Gasteiger partial charge is 0.282 e. The fraction of sp³-hybridized carbons (Fsp3) is 0.429. The van der Waals surface area contributed by atoms with E-state index in [9.17, 15) is 14.0 Å². The molecule has 9 nitrogen and oxygen atoms in total. The molecular weight excluding hydrogens is 420 g/mol. The molecule has 0 saturated carbocycles. The molecule has 1 atom stereocenters. The first-order valence-electron chi connectivity index (χ1n) is 10.0. The number of anilines is 1. The summed E-state index contributed by atoms with van der Waals surface area (Å²) in [6, 6.07) is 1.63. The number of nitrogens with two attached hydrogens (primary N) is 1. The molecule has 1 saturated heterocycles. The first-order chi connectivity index (χ1) is 15.3. The third-order valence-electron chi connectivity index (χ3n) is 5.99. The molecule has 0 aliphatic carbocycles. The maximum absolute atomic E-state index is 13.7. The first kappa shape index (κ1) is 21.7. The van der Waals surface area contributed by atoms with Crippen molar-refractivity contribution in [3.63, 3.8) is 0 Å². The predicted octanol–water partition coefficient (Wildman–Crippen LogP) is 2.84. The van der Waals surface area contributed by atoms with Crippen LogP contribution in [0.2, 0.25) is 0 Å². The SMILES string of the molecule is COc1c(C#N)c(C)c(C(C)n2nc(C(F)F)c3c(N)ncnc32)c(OC)c1C1CNC1. The molecule has 1 aliphatic heterocycles. The van der Waals surface area contributed by atoms with Crippen molar-refractivity contribution in [2.24, 2.45) is 0 Å². The lowest BCUT2D eigenvalue weighted by Gasteiger charge is -2.33. The molecule has 32 heavy (non-hydrogen) atoms. The lowest BCUT2D eigenvalue weighted by Crippen LogP contribution is -2.40. The second-order valence-electron chi connectivity index (χ2n) is 7.62. The van der Waals surface area contributed by atoms with E-state index in [1.54, 1.807) is 13.8 Å². The molecule has 1 unspecified atom stereocenters. The minimum atomic E-state index is -2.86. The molecule has 11 heteroatoms. The van der Waals surface area contributed by atoms with E-state index in [0.29, 0.717) is 41.3 Å². The number of ether oxygens (including phenoxy) is 2. The maximum atomic E-state index is 13.7. The number of hydrogen-bond donors (Lipinski definition) is 2. The quantitative estimate of drug-likeness (QED) is 0.596. The lowest BCUT2D eigenvalue weighted by molar-refractivity contribution is 0.146. The van der Waals surface area contributed by atoms with Gasteiger partial charge < -0.3 is 20.5 Å². The normalized spacial score (nSPS) is 14.9. The summed E-state index contributed by atoms with van der Waals surface area (Å²) >= 11 is 0. The Morgan fingerprint density at radius 1 is 1.25 bits per heavy atom. The van der Waals surface area contributed by atoms with Crippen LogP contribution in [0.15, 0.2) is 6.33 Å². The van der Waals surface area contributed by atoms with E-state index in [4.69, 9.17) is 15.2 Å². The Labute approximate surface area is 183 Å². The maximum Gasteiger partial charge on any atom is 0.282 e. The molecule has 4 rings (SSSR count). The third-order valence-corrected chi connectivity index (χ3v) is 5.99. The zero-order valence-electron chi connectivity index (χ0n) is 18.1. The average molecular weight is 443 g/mol. The number of nitrogen functional groups attached to an aromatic ring is 1. The van der Waals surface area contributed by atoms with Crippen LogP contribution in [0.1, 0.15) is 53.3 Å². The number of fused-ring (bicyclic) bond motifs is 1. The van der Waals surface area contributed by atoms with E-state index < -0.39 is 18.2 Å². The van der Waals surface area contributed by atoms with Crippen molar-refractivity contribution >= 4 is 16.9 Å². The van der Waals surface area contributed by atoms with Crippen LogP contribution in [0, 0.1) is 18.3 Å². The van der Waals surface area contributed by atoms with Gasteiger partial charge in [-0.2, -0.15) is 10.4 Å². The highest BCUT2D eigenvalue weighted by Crippen LogP contribution is 2.47. The molecule has 3 N–H and O–H groups in total. The third kappa shape index (κ3) is 3.10. The fourth-order valence-electron chi connectivity index (χ4n) is 4.36. The van der Waals surface area contributed by atoms with E-state index in [1.807, 2.05) is 0 Å². The van der Waals surface area contributed by atoms with Gasteiger partial charge in [0.1, 0.15) is 35.4 Å². The van der Waals surface area contributed by atoms with Gasteiger partial charge in [0, 0.05) is 30.1 Å². The van der Waals surface area contributed by atoms with Crippen LogP contribution in [0.4, 0.5) is 14.6 Å². The highest BCUT2D eigenvalue weighted by atomic mass is 19.3. The number of nitrogens with zero attached hydrogens (tertiary/aromatic N) is 5. The predicted molar refractivity (Wildman–Crippen MR) is 113 cm³/mol. The summed E-state index contributed by atoms with van der Waals surface area (Å²) in [6.07, 6.45) is -1.65. The zero-order chi connectivity index (χ0) is 23.2. The number of aromatic nitrogens is 4. The van der Waals surface area contributed by atoms with Crippen LogP contribution in [-0.2, 0) is 0 Å². The van der Waals surface area contributed by atoms with Gasteiger partial charge in [-0.1, -0.05) is 0 Å². The summed E-state index contributed by atoms with van der Waals surface area (Å²) in [6.45, 7) is 4.99. The first-order valence-corrected chi connectivity index (χ1v) is 10.0. The topological polar surface area (TPSA) is 124 Å². The zero-order valence-corrected chi connectivity index (χ0v) is 18.1. The molecule has 168 valence electrons. The number of rotatable bonds is 6. The molecule has 1 fully saturated rings. The molecule has 0 bridgehead atoms. The van der Waals surface area contributed by atoms with Crippen LogP contribution >= 0.6 is 0 Å². The Morgan fingerprint density at radius 2 is 1.94 bits per heavy atom. The number of alkyl halides is 2. The van der Waals surface area contributed by atoms with Crippen molar-refractivity contribution in [1.29, 1.82) is 5.26 Å². The van der Waals surface area contributed by atoms with Crippen molar-refractivity contribution in [3.8, 4) is 17.6 Å². The minimum absolute atomic E-state index is 0.0170. The molecular formula is C21H23F2N7O2. The Balaban J connectivity index is 2.03. The van der Waals surface area contributed by atoms with Gasteiger partial charge >= 0.3 is 0 Å². The van der Waals surface area contributed by atoms with E-state index in [-0.39, 0.29) is 22.8 Å². The largest absolute Gasteiger partial charge is 0.496 e. The molecule has 3 heterocycles. The van der Waals surface area contributed by atoms with Gasteiger partial charge in [0.15, 0.2) is 5.65 Å². The second kappa shape index (κ2) is 8.20. The van der Waals surface area contributed by atoms with Gasteiger partial charge in [-0.05, 0) is 19.4 Å². The standard InChI is InChI=1S/C21H23F2N7O2/c1-9-12(5-24)17(31-3)14(11-6-26-7-11)18(32-4)13(9)10(2)30-21-15(16(29-30)19(22)23)20(25)27-8-28-21/h8,10-11,19,26H,6-7H2,1-4H3,(H2,25,27,28). The van der Waals surface area contributed by atoms with E-state index in [2.05, 4.69) is 26.5 Å². The number of nitriles is 1. The van der Waals surface area contributed by atoms with E-state index in [1.165, 1.54) is 25.2 Å². The summed E-state index contributed by atoms with van der Waals surface area (Å²) in [5, 5.41) is 17.3. The van der Waals surface area contributed by atoms with Gasteiger partial charge in [0.05, 0.1) is 31.2 Å². The molecule has 1 aliphatic rings. The van der Waals surface area contributed by atoms with Crippen molar-refractivity contribution < 1.29 is 18.3 Å². The average Bonchev–Trinajstić information content (AvgIpc) is 3.13. The summed E-state index contributed by atoms with van der Waals surface area (Å²) in [5.41, 5.74) is 7.99. The second-order valence-corrected chi connectivity index (χ2v) is 7.62. The van der Waals surface area contributed by atoms with Crippen LogP contribution in [0.25, 0.3) is 11.0 Å². The summed E-state index contributed by atoms with van der Waals surface area (Å²) in [4.78, 5) is 8.02. The molecule has 0 radical (unpaired) electrons. The van der Waals surface area contributed by atoms with Gasteiger partial charge in [0.2, 0.25) is 0 Å². The lowest BCUT2D eigenvalue weighted by atomic mass is 9.84. The van der Waals surface area contributed by atoms with Crippen molar-refractivity contribution in [1.82, 2.24) is 25.1 Å². The molecule has 0 amide bonds. The molecule has 0 spiro atoms. The molecule has 1 aromatic carbocycles. The van der Waals surface area contributed by atoms with Crippen LogP contribution < -0.4 is 20.5 Å². The minimum Gasteiger partial charge on any atom is -0.496 e. The Hall–Kier alpha value is -3.52. The van der Waals surface area contributed by atoms with Gasteiger partial charge in [-0.15, -0.1) is 0 Å². The molecule has 2 aromatic heterocycles. The fourth-order valence-corrected chi connectivity index (χ4v) is 4.36. The highest BCUT2D eigenvalue weighted by Gasteiger charge is 2.35. The number of hydrogen-bond acceptors (Lipinski definition) is 8. The molecule has 3 aromatic rings. The van der Waals surface area contributed by atoms with Crippen molar-refractivity contribution in [2.45, 2.75) is 32.2 Å². The number of methoxy groups -OCH3 is 2. The van der Waals surface area contributed by atoms with Crippen LogP contribution in [0.3, 0.4) is 0 Å². The van der Waals surface area contributed by atoms with E-state index >= 15 is 0 Å². The van der Waals surface area contributed by atoms with Gasteiger partial charge in [-0.3, -0.25) is 0 Å².